The van der Waals surface area contributed by atoms with Crippen LogP contribution >= 0.6 is 0 Å². The molecule has 22 heavy (non-hydrogen) atoms. The summed E-state index contributed by atoms with van der Waals surface area (Å²) in [7, 11) is 0. The third-order valence-corrected chi connectivity index (χ3v) is 3.13. The number of benzene rings is 1. The Morgan fingerprint density at radius 3 is 2.55 bits per heavy atom. The van der Waals surface area contributed by atoms with Gasteiger partial charge >= 0.3 is 6.03 Å². The molecule has 2 rings (SSSR count). The lowest BCUT2D eigenvalue weighted by molar-refractivity contribution is -0.130. The van der Waals surface area contributed by atoms with Crippen LogP contribution in [0.1, 0.15) is 11.1 Å². The van der Waals surface area contributed by atoms with Gasteiger partial charge in [0.1, 0.15) is 18.9 Å². The molecule has 118 valence electrons. The average Bonchev–Trinajstić information content (AvgIpc) is 2.74. The summed E-state index contributed by atoms with van der Waals surface area (Å²) in [6, 6.07) is 5.35. The van der Waals surface area contributed by atoms with E-state index < -0.39 is 17.8 Å². The van der Waals surface area contributed by atoms with Gasteiger partial charge in [-0.2, -0.15) is 0 Å². The highest BCUT2D eigenvalue weighted by atomic mass is 16.5. The van der Waals surface area contributed by atoms with Crippen molar-refractivity contribution in [3.05, 3.63) is 29.3 Å². The van der Waals surface area contributed by atoms with Crippen molar-refractivity contribution < 1.29 is 19.1 Å². The number of nitrogens with one attached hydrogen (secondary N) is 2. The standard InChI is InChI=1S/C15H19N3O4/c1-10-5-11(2)7-12(6-10)22-4-3-16-13(19)9-18-14(20)8-17-15(18)21/h5-7H,3-4,8-9H2,1-2H3,(H,16,19)(H,17,21). The molecule has 0 bridgehead atoms. The minimum absolute atomic E-state index is 0.0536. The molecule has 0 aliphatic carbocycles. The predicted molar refractivity (Wildman–Crippen MR) is 79.5 cm³/mol. The Morgan fingerprint density at radius 2 is 1.95 bits per heavy atom. The minimum atomic E-state index is -0.536. The van der Waals surface area contributed by atoms with Crippen LogP contribution < -0.4 is 15.4 Å². The Labute approximate surface area is 128 Å². The largest absolute Gasteiger partial charge is 0.492 e. The van der Waals surface area contributed by atoms with Crippen LogP contribution in [0.4, 0.5) is 4.79 Å². The first-order valence-corrected chi connectivity index (χ1v) is 7.01. The van der Waals surface area contributed by atoms with Gasteiger partial charge in [0.2, 0.25) is 5.91 Å². The maximum absolute atomic E-state index is 11.7. The number of hydrogen-bond donors (Lipinski definition) is 2. The van der Waals surface area contributed by atoms with Crippen LogP contribution in [0, 0.1) is 13.8 Å². The molecule has 4 amide bonds. The zero-order valence-corrected chi connectivity index (χ0v) is 12.6. The smallest absolute Gasteiger partial charge is 0.325 e. The summed E-state index contributed by atoms with van der Waals surface area (Å²) in [4.78, 5) is 35.2. The number of imide groups is 1. The van der Waals surface area contributed by atoms with E-state index in [-0.39, 0.29) is 13.1 Å². The van der Waals surface area contributed by atoms with Crippen LogP contribution in [0.3, 0.4) is 0 Å². The maximum atomic E-state index is 11.7. The summed E-state index contributed by atoms with van der Waals surface area (Å²) >= 11 is 0. The number of amides is 4. The number of carbonyl (C=O) groups is 3. The van der Waals surface area contributed by atoms with Crippen molar-refractivity contribution >= 4 is 17.8 Å². The second-order valence-corrected chi connectivity index (χ2v) is 5.16. The van der Waals surface area contributed by atoms with Gasteiger partial charge in [-0.15, -0.1) is 0 Å². The fraction of sp³-hybridized carbons (Fsp3) is 0.400. The summed E-state index contributed by atoms with van der Waals surface area (Å²) in [5.41, 5.74) is 2.22. The third kappa shape index (κ3) is 4.21. The topological polar surface area (TPSA) is 87.7 Å². The van der Waals surface area contributed by atoms with E-state index in [0.717, 1.165) is 21.8 Å². The number of urea groups is 1. The molecule has 1 aromatic carbocycles. The number of carbonyl (C=O) groups excluding carboxylic acids is 3. The first-order chi connectivity index (χ1) is 10.5. The van der Waals surface area contributed by atoms with E-state index in [1.54, 1.807) is 0 Å². The van der Waals surface area contributed by atoms with Crippen LogP contribution in [0.5, 0.6) is 5.75 Å². The van der Waals surface area contributed by atoms with Gasteiger partial charge in [0, 0.05) is 0 Å². The van der Waals surface area contributed by atoms with E-state index in [0.29, 0.717) is 13.2 Å². The highest BCUT2D eigenvalue weighted by molar-refractivity contribution is 6.04. The molecule has 7 heteroatoms. The summed E-state index contributed by atoms with van der Waals surface area (Å²) in [6.07, 6.45) is 0. The van der Waals surface area contributed by atoms with E-state index in [4.69, 9.17) is 4.74 Å². The summed E-state index contributed by atoms with van der Waals surface area (Å²) in [5, 5.41) is 4.97. The number of nitrogens with zero attached hydrogens (tertiary/aromatic N) is 1. The quantitative estimate of drug-likeness (QED) is 0.586. The molecular formula is C15H19N3O4. The Kier molecular flexibility index (Phi) is 4.98. The van der Waals surface area contributed by atoms with Crippen molar-refractivity contribution in [3.8, 4) is 5.75 Å². The van der Waals surface area contributed by atoms with Crippen LogP contribution in [-0.4, -0.2) is 49.0 Å². The van der Waals surface area contributed by atoms with Gasteiger partial charge in [-0.25, -0.2) is 4.79 Å². The molecule has 0 aromatic heterocycles. The number of hydrogen-bond acceptors (Lipinski definition) is 4. The molecule has 0 saturated carbocycles. The maximum Gasteiger partial charge on any atom is 0.325 e. The average molecular weight is 305 g/mol. The van der Waals surface area contributed by atoms with E-state index in [2.05, 4.69) is 10.6 Å². The van der Waals surface area contributed by atoms with Crippen LogP contribution in [0.15, 0.2) is 18.2 Å². The first-order valence-electron chi connectivity index (χ1n) is 7.01. The highest BCUT2D eigenvalue weighted by Gasteiger charge is 2.29. The normalized spacial score (nSPS) is 14.0. The molecule has 1 heterocycles. The molecule has 1 saturated heterocycles. The van der Waals surface area contributed by atoms with Gasteiger partial charge in [-0.05, 0) is 37.1 Å². The van der Waals surface area contributed by atoms with Crippen molar-refractivity contribution in [3.63, 3.8) is 0 Å². The van der Waals surface area contributed by atoms with Crippen molar-refractivity contribution in [1.82, 2.24) is 15.5 Å². The molecule has 0 unspecified atom stereocenters. The third-order valence-electron chi connectivity index (χ3n) is 3.13. The van der Waals surface area contributed by atoms with E-state index in [1.807, 2.05) is 32.0 Å². The lowest BCUT2D eigenvalue weighted by atomic mass is 10.1. The molecular weight excluding hydrogens is 286 g/mol. The predicted octanol–water partition coefficient (Wildman–Crippen LogP) is 0.350. The van der Waals surface area contributed by atoms with Gasteiger partial charge in [0.15, 0.2) is 0 Å². The fourth-order valence-corrected chi connectivity index (χ4v) is 2.19. The van der Waals surface area contributed by atoms with Gasteiger partial charge in [-0.1, -0.05) is 6.07 Å². The molecule has 2 N–H and O–H groups in total. The summed E-state index contributed by atoms with van der Waals surface area (Å²) in [5.74, 6) is -0.0399. The Hall–Kier alpha value is -2.57. The second kappa shape index (κ2) is 6.93. The molecule has 1 fully saturated rings. The van der Waals surface area contributed by atoms with Crippen molar-refractivity contribution in [2.45, 2.75) is 13.8 Å². The van der Waals surface area contributed by atoms with Crippen LogP contribution in [0.25, 0.3) is 0 Å². The van der Waals surface area contributed by atoms with Crippen molar-refractivity contribution in [1.29, 1.82) is 0 Å². The van der Waals surface area contributed by atoms with Gasteiger partial charge in [-0.3, -0.25) is 14.5 Å². The zero-order valence-electron chi connectivity index (χ0n) is 12.6. The molecule has 0 atom stereocenters. The van der Waals surface area contributed by atoms with E-state index in [9.17, 15) is 14.4 Å². The molecule has 1 aromatic rings. The van der Waals surface area contributed by atoms with Crippen molar-refractivity contribution in [2.24, 2.45) is 0 Å². The molecule has 1 aliphatic rings. The van der Waals surface area contributed by atoms with E-state index in [1.165, 1.54) is 0 Å². The van der Waals surface area contributed by atoms with Gasteiger partial charge < -0.3 is 15.4 Å². The molecule has 0 radical (unpaired) electrons. The lowest BCUT2D eigenvalue weighted by Crippen LogP contribution is -2.41. The van der Waals surface area contributed by atoms with Crippen LogP contribution in [0.2, 0.25) is 0 Å². The second-order valence-electron chi connectivity index (χ2n) is 5.16. The monoisotopic (exact) mass is 305 g/mol. The highest BCUT2D eigenvalue weighted by Crippen LogP contribution is 2.15. The van der Waals surface area contributed by atoms with Gasteiger partial charge in [0.05, 0.1) is 13.1 Å². The number of rotatable bonds is 6. The molecule has 0 spiro atoms. The Balaban J connectivity index is 1.71. The molecule has 1 aliphatic heterocycles. The van der Waals surface area contributed by atoms with Gasteiger partial charge in [0.25, 0.3) is 5.91 Å². The summed E-state index contributed by atoms with van der Waals surface area (Å²) < 4.78 is 5.56. The minimum Gasteiger partial charge on any atom is -0.492 e. The molecule has 7 nitrogen and oxygen atoms in total. The fourth-order valence-electron chi connectivity index (χ4n) is 2.19. The lowest BCUT2D eigenvalue weighted by Gasteiger charge is -2.13. The van der Waals surface area contributed by atoms with E-state index >= 15 is 0 Å². The number of ether oxygens (including phenoxy) is 1. The van der Waals surface area contributed by atoms with Crippen molar-refractivity contribution in [2.75, 3.05) is 26.2 Å². The van der Waals surface area contributed by atoms with Crippen LogP contribution in [-0.2, 0) is 9.59 Å². The first kappa shape index (κ1) is 15.8. The number of aryl methyl sites for hydroxylation is 2. The SMILES string of the molecule is Cc1cc(C)cc(OCCNC(=O)CN2C(=O)CNC2=O)c1. The summed E-state index contributed by atoms with van der Waals surface area (Å²) in [6.45, 7) is 4.26. The zero-order chi connectivity index (χ0) is 16.1. The Bertz CT molecular complexity index is 564. The Morgan fingerprint density at radius 1 is 1.27 bits per heavy atom.